The minimum Gasteiger partial charge on any atom is -0.478 e. The zero-order valence-corrected chi connectivity index (χ0v) is 12.1. The Bertz CT molecular complexity index is 676. The van der Waals surface area contributed by atoms with E-state index in [9.17, 15) is 9.59 Å². The number of carboxylic acids is 1. The summed E-state index contributed by atoms with van der Waals surface area (Å²) in [6, 6.07) is 6.56. The van der Waals surface area contributed by atoms with Crippen LogP contribution in [0.3, 0.4) is 0 Å². The van der Waals surface area contributed by atoms with Crippen LogP contribution < -0.4 is 5.32 Å². The number of aromatic carboxylic acids is 1. The van der Waals surface area contributed by atoms with Crippen molar-refractivity contribution in [2.45, 2.75) is 10.8 Å². The van der Waals surface area contributed by atoms with E-state index in [-0.39, 0.29) is 11.5 Å². The van der Waals surface area contributed by atoms with E-state index in [2.05, 4.69) is 15.3 Å². The van der Waals surface area contributed by atoms with Crippen molar-refractivity contribution in [1.29, 1.82) is 0 Å². The highest BCUT2D eigenvalue weighted by Crippen LogP contribution is 2.24. The third-order valence-corrected chi connectivity index (χ3v) is 3.74. The summed E-state index contributed by atoms with van der Waals surface area (Å²) in [6.45, 7) is 0. The minimum atomic E-state index is -1.01. The fourth-order valence-electron chi connectivity index (χ4n) is 1.64. The van der Waals surface area contributed by atoms with E-state index in [1.54, 1.807) is 37.6 Å². The van der Waals surface area contributed by atoms with Crippen molar-refractivity contribution in [2.75, 3.05) is 7.05 Å². The van der Waals surface area contributed by atoms with Crippen LogP contribution in [0.2, 0.25) is 0 Å². The highest BCUT2D eigenvalue weighted by Gasteiger charge is 2.12. The Labute approximate surface area is 125 Å². The SMILES string of the molecule is CNC(=O)c1cc(CSc2ncccc2C(=O)O)ccn1. The summed E-state index contributed by atoms with van der Waals surface area (Å²) in [5.74, 6) is -0.763. The van der Waals surface area contributed by atoms with Gasteiger partial charge in [-0.05, 0) is 29.8 Å². The molecule has 0 fully saturated rings. The summed E-state index contributed by atoms with van der Waals surface area (Å²) in [6.07, 6.45) is 3.11. The number of hydrogen-bond acceptors (Lipinski definition) is 5. The van der Waals surface area contributed by atoms with Gasteiger partial charge >= 0.3 is 5.97 Å². The summed E-state index contributed by atoms with van der Waals surface area (Å²) in [7, 11) is 1.54. The molecule has 0 aliphatic carbocycles. The lowest BCUT2D eigenvalue weighted by Gasteiger charge is -2.05. The zero-order valence-electron chi connectivity index (χ0n) is 11.2. The molecule has 0 radical (unpaired) electrons. The molecule has 0 spiro atoms. The lowest BCUT2D eigenvalue weighted by Crippen LogP contribution is -2.19. The molecule has 0 atom stereocenters. The monoisotopic (exact) mass is 303 g/mol. The van der Waals surface area contributed by atoms with Crippen LogP contribution in [0.5, 0.6) is 0 Å². The summed E-state index contributed by atoms with van der Waals surface area (Å²) >= 11 is 1.31. The molecule has 0 aromatic carbocycles. The van der Waals surface area contributed by atoms with Crippen LogP contribution in [0.4, 0.5) is 0 Å². The molecule has 2 aromatic rings. The number of nitrogens with one attached hydrogen (secondary N) is 1. The van der Waals surface area contributed by atoms with E-state index in [1.807, 2.05) is 0 Å². The zero-order chi connectivity index (χ0) is 15.2. The van der Waals surface area contributed by atoms with Gasteiger partial charge in [0.05, 0.1) is 5.56 Å². The first-order chi connectivity index (χ1) is 10.1. The van der Waals surface area contributed by atoms with Crippen molar-refractivity contribution in [2.24, 2.45) is 0 Å². The first-order valence-electron chi connectivity index (χ1n) is 6.10. The van der Waals surface area contributed by atoms with Gasteiger partial charge in [-0.3, -0.25) is 9.78 Å². The van der Waals surface area contributed by atoms with Crippen LogP contribution in [-0.4, -0.2) is 34.0 Å². The fourth-order valence-corrected chi connectivity index (χ4v) is 2.57. The van der Waals surface area contributed by atoms with Crippen molar-refractivity contribution in [3.63, 3.8) is 0 Å². The van der Waals surface area contributed by atoms with Gasteiger partial charge in [-0.2, -0.15) is 0 Å². The van der Waals surface area contributed by atoms with Crippen LogP contribution in [0.1, 0.15) is 26.4 Å². The predicted molar refractivity (Wildman–Crippen MR) is 78.4 cm³/mol. The quantitative estimate of drug-likeness (QED) is 0.819. The first kappa shape index (κ1) is 15.0. The Morgan fingerprint density at radius 3 is 2.81 bits per heavy atom. The summed E-state index contributed by atoms with van der Waals surface area (Å²) in [5.41, 5.74) is 1.37. The van der Waals surface area contributed by atoms with Crippen molar-refractivity contribution >= 4 is 23.6 Å². The lowest BCUT2D eigenvalue weighted by atomic mass is 10.2. The molecule has 2 rings (SSSR count). The first-order valence-corrected chi connectivity index (χ1v) is 7.08. The maximum Gasteiger partial charge on any atom is 0.338 e. The number of amides is 1. The number of nitrogens with zero attached hydrogens (tertiary/aromatic N) is 2. The maximum atomic E-state index is 11.5. The number of carboxylic acid groups (broad SMARTS) is 1. The molecule has 7 heteroatoms. The molecular weight excluding hydrogens is 290 g/mol. The maximum absolute atomic E-state index is 11.5. The number of carbonyl (C=O) groups is 2. The Morgan fingerprint density at radius 2 is 2.10 bits per heavy atom. The fraction of sp³-hybridized carbons (Fsp3) is 0.143. The van der Waals surface area contributed by atoms with E-state index < -0.39 is 5.97 Å². The Morgan fingerprint density at radius 1 is 1.29 bits per heavy atom. The number of aromatic nitrogens is 2. The molecule has 2 N–H and O–H groups in total. The molecule has 1 amide bonds. The molecule has 2 aromatic heterocycles. The molecule has 108 valence electrons. The summed E-state index contributed by atoms with van der Waals surface area (Å²) in [5, 5.41) is 12.1. The molecular formula is C14H13N3O3S. The largest absolute Gasteiger partial charge is 0.478 e. The van der Waals surface area contributed by atoms with E-state index in [4.69, 9.17) is 5.11 Å². The van der Waals surface area contributed by atoms with Gasteiger partial charge in [-0.1, -0.05) is 0 Å². The molecule has 0 aliphatic heterocycles. The van der Waals surface area contributed by atoms with Crippen LogP contribution in [0.15, 0.2) is 41.7 Å². The lowest BCUT2D eigenvalue weighted by molar-refractivity contribution is 0.0692. The Balaban J connectivity index is 2.14. The van der Waals surface area contributed by atoms with Crippen molar-refractivity contribution in [3.8, 4) is 0 Å². The second-order valence-electron chi connectivity index (χ2n) is 4.08. The molecule has 0 saturated carbocycles. The van der Waals surface area contributed by atoms with Crippen molar-refractivity contribution in [3.05, 3.63) is 53.5 Å². The normalized spacial score (nSPS) is 10.1. The van der Waals surface area contributed by atoms with Crippen LogP contribution in [0.25, 0.3) is 0 Å². The van der Waals surface area contributed by atoms with Gasteiger partial charge in [0.25, 0.3) is 5.91 Å². The highest BCUT2D eigenvalue weighted by molar-refractivity contribution is 7.98. The Kier molecular flexibility index (Phi) is 4.89. The molecule has 2 heterocycles. The average molecular weight is 303 g/mol. The Hall–Kier alpha value is -2.41. The van der Waals surface area contributed by atoms with Gasteiger partial charge < -0.3 is 10.4 Å². The van der Waals surface area contributed by atoms with Crippen molar-refractivity contribution in [1.82, 2.24) is 15.3 Å². The van der Waals surface area contributed by atoms with Crippen LogP contribution in [0, 0.1) is 0 Å². The average Bonchev–Trinajstić information content (AvgIpc) is 2.52. The summed E-state index contributed by atoms with van der Waals surface area (Å²) < 4.78 is 0. The number of rotatable bonds is 5. The highest BCUT2D eigenvalue weighted by atomic mass is 32.2. The molecule has 0 bridgehead atoms. The van der Waals surface area contributed by atoms with Gasteiger partial charge in [0.1, 0.15) is 10.7 Å². The second-order valence-corrected chi connectivity index (χ2v) is 5.04. The van der Waals surface area contributed by atoms with Gasteiger partial charge in [0.2, 0.25) is 0 Å². The van der Waals surface area contributed by atoms with E-state index in [0.717, 1.165) is 5.56 Å². The van der Waals surface area contributed by atoms with E-state index in [1.165, 1.54) is 17.8 Å². The number of pyridine rings is 2. The topological polar surface area (TPSA) is 92.2 Å². The molecule has 21 heavy (non-hydrogen) atoms. The van der Waals surface area contributed by atoms with Crippen LogP contribution >= 0.6 is 11.8 Å². The molecule has 6 nitrogen and oxygen atoms in total. The van der Waals surface area contributed by atoms with Gasteiger partial charge in [0, 0.05) is 25.2 Å². The van der Waals surface area contributed by atoms with E-state index >= 15 is 0 Å². The molecule has 0 unspecified atom stereocenters. The standard InChI is InChI=1S/C14H13N3O3S/c1-15-12(18)11-7-9(4-6-16-11)8-21-13-10(14(19)20)3-2-5-17-13/h2-7H,8H2,1H3,(H,15,18)(H,19,20). The van der Waals surface area contributed by atoms with Gasteiger partial charge in [-0.25, -0.2) is 9.78 Å². The van der Waals surface area contributed by atoms with Gasteiger partial charge in [-0.15, -0.1) is 11.8 Å². The number of hydrogen-bond donors (Lipinski definition) is 2. The minimum absolute atomic E-state index is 0.170. The second kappa shape index (κ2) is 6.85. The van der Waals surface area contributed by atoms with E-state index in [0.29, 0.717) is 16.5 Å². The molecule has 0 aliphatic rings. The predicted octanol–water partition coefficient (Wildman–Crippen LogP) is 1.83. The van der Waals surface area contributed by atoms with Crippen molar-refractivity contribution < 1.29 is 14.7 Å². The van der Waals surface area contributed by atoms with Gasteiger partial charge in [0.15, 0.2) is 0 Å². The third kappa shape index (κ3) is 3.79. The number of carbonyl (C=O) groups excluding carboxylic acids is 1. The number of thioether (sulfide) groups is 1. The molecule has 0 saturated heterocycles. The third-order valence-electron chi connectivity index (χ3n) is 2.66. The van der Waals surface area contributed by atoms with Crippen LogP contribution in [-0.2, 0) is 5.75 Å². The smallest absolute Gasteiger partial charge is 0.338 e. The summed E-state index contributed by atoms with van der Waals surface area (Å²) in [4.78, 5) is 30.7.